The molecule has 8 nitrogen and oxygen atoms in total. The minimum atomic E-state index is 0.622. The first kappa shape index (κ1) is 19.0. The van der Waals surface area contributed by atoms with Gasteiger partial charge in [-0.3, -0.25) is 4.99 Å². The summed E-state index contributed by atoms with van der Waals surface area (Å²) in [6.07, 6.45) is 0.650. The number of benzene rings is 1. The van der Waals surface area contributed by atoms with Gasteiger partial charge >= 0.3 is 0 Å². The Bertz CT molecular complexity index is 752. The zero-order valence-corrected chi connectivity index (χ0v) is 16.3. The zero-order valence-electron chi connectivity index (χ0n) is 16.3. The Morgan fingerprint density at radius 3 is 2.70 bits per heavy atom. The predicted octanol–water partition coefficient (Wildman–Crippen LogP) is 1.72. The molecule has 0 saturated carbocycles. The average molecular weight is 372 g/mol. The molecule has 0 bridgehead atoms. The molecule has 27 heavy (non-hydrogen) atoms. The minimum absolute atomic E-state index is 0.622. The molecule has 8 heteroatoms. The van der Waals surface area contributed by atoms with Crippen LogP contribution in [0.15, 0.2) is 33.8 Å². The lowest BCUT2D eigenvalue weighted by atomic mass is 10.2. The van der Waals surface area contributed by atoms with Crippen molar-refractivity contribution < 1.29 is 9.26 Å². The zero-order chi connectivity index (χ0) is 19.1. The highest BCUT2D eigenvalue weighted by Crippen LogP contribution is 2.28. The molecule has 0 unspecified atom stereocenters. The van der Waals surface area contributed by atoms with Gasteiger partial charge in [0.05, 0.1) is 19.3 Å². The Labute approximate surface area is 160 Å². The fourth-order valence-electron chi connectivity index (χ4n) is 3.18. The number of hydrogen-bond donors (Lipinski definition) is 1. The van der Waals surface area contributed by atoms with E-state index in [0.717, 1.165) is 50.1 Å². The van der Waals surface area contributed by atoms with Crippen molar-refractivity contribution in [1.82, 2.24) is 20.4 Å². The van der Waals surface area contributed by atoms with Crippen LogP contribution >= 0.6 is 0 Å². The number of rotatable bonds is 6. The smallest absolute Gasteiger partial charge is 0.228 e. The van der Waals surface area contributed by atoms with Gasteiger partial charge in [-0.2, -0.15) is 4.98 Å². The van der Waals surface area contributed by atoms with Crippen molar-refractivity contribution >= 4 is 11.6 Å². The molecule has 1 aromatic carbocycles. The maximum absolute atomic E-state index is 5.50. The molecule has 1 aromatic heterocycles. The number of aromatic nitrogens is 2. The van der Waals surface area contributed by atoms with Gasteiger partial charge in [0.2, 0.25) is 5.89 Å². The van der Waals surface area contributed by atoms with Gasteiger partial charge in [0.25, 0.3) is 0 Å². The third-order valence-corrected chi connectivity index (χ3v) is 4.50. The second-order valence-corrected chi connectivity index (χ2v) is 6.37. The van der Waals surface area contributed by atoms with Crippen molar-refractivity contribution in [2.75, 3.05) is 51.3 Å². The Balaban J connectivity index is 1.58. The third kappa shape index (κ3) is 4.90. The van der Waals surface area contributed by atoms with Crippen LogP contribution in [0.1, 0.15) is 18.6 Å². The molecular formula is C19H28N6O2. The normalized spacial score (nSPS) is 15.1. The number of piperazine rings is 1. The van der Waals surface area contributed by atoms with E-state index in [9.17, 15) is 0 Å². The molecule has 0 radical (unpaired) electrons. The molecule has 1 saturated heterocycles. The summed E-state index contributed by atoms with van der Waals surface area (Å²) < 4.78 is 10.7. The predicted molar refractivity (Wildman–Crippen MR) is 105 cm³/mol. The van der Waals surface area contributed by atoms with Crippen molar-refractivity contribution in [1.29, 1.82) is 0 Å². The lowest BCUT2D eigenvalue weighted by molar-refractivity contribution is 0.364. The number of methoxy groups -OCH3 is 1. The van der Waals surface area contributed by atoms with Crippen LogP contribution in [0.4, 0.5) is 5.69 Å². The number of ether oxygens (including phenoxy) is 1. The number of nitrogens with zero attached hydrogens (tertiary/aromatic N) is 5. The van der Waals surface area contributed by atoms with Crippen LogP contribution in [0, 0.1) is 6.92 Å². The summed E-state index contributed by atoms with van der Waals surface area (Å²) in [5.41, 5.74) is 1.15. The molecular weight excluding hydrogens is 344 g/mol. The Morgan fingerprint density at radius 1 is 1.26 bits per heavy atom. The lowest BCUT2D eigenvalue weighted by Crippen LogP contribution is -2.52. The first-order chi connectivity index (χ1) is 13.2. The largest absolute Gasteiger partial charge is 0.495 e. The van der Waals surface area contributed by atoms with Crippen LogP contribution in [0.3, 0.4) is 0 Å². The topological polar surface area (TPSA) is 79.0 Å². The van der Waals surface area contributed by atoms with E-state index in [-0.39, 0.29) is 0 Å². The van der Waals surface area contributed by atoms with Gasteiger partial charge in [0.1, 0.15) is 5.75 Å². The molecule has 0 atom stereocenters. The Hall–Kier alpha value is -2.77. The van der Waals surface area contributed by atoms with Crippen LogP contribution in [0.2, 0.25) is 0 Å². The molecule has 0 aliphatic carbocycles. The van der Waals surface area contributed by atoms with Crippen LogP contribution in [0.25, 0.3) is 0 Å². The summed E-state index contributed by atoms with van der Waals surface area (Å²) in [6, 6.07) is 8.17. The highest BCUT2D eigenvalue weighted by atomic mass is 16.5. The SMILES string of the molecule is CCNC(=NCCc1nc(C)no1)N1CCN(c2ccccc2OC)CC1. The molecule has 146 valence electrons. The molecule has 1 aliphatic heterocycles. The maximum Gasteiger partial charge on any atom is 0.228 e. The number of hydrogen-bond acceptors (Lipinski definition) is 6. The van der Waals surface area contributed by atoms with Crippen molar-refractivity contribution in [2.45, 2.75) is 20.3 Å². The molecule has 2 heterocycles. The quantitative estimate of drug-likeness (QED) is 0.611. The van der Waals surface area contributed by atoms with E-state index in [0.29, 0.717) is 24.7 Å². The first-order valence-corrected chi connectivity index (χ1v) is 9.41. The van der Waals surface area contributed by atoms with E-state index in [4.69, 9.17) is 14.3 Å². The summed E-state index contributed by atoms with van der Waals surface area (Å²) in [6.45, 7) is 9.03. The maximum atomic E-state index is 5.50. The monoisotopic (exact) mass is 372 g/mol. The van der Waals surface area contributed by atoms with Gasteiger partial charge in [0.15, 0.2) is 11.8 Å². The van der Waals surface area contributed by atoms with E-state index in [1.807, 2.05) is 19.1 Å². The van der Waals surface area contributed by atoms with Crippen molar-refractivity contribution in [2.24, 2.45) is 4.99 Å². The molecule has 1 fully saturated rings. The second-order valence-electron chi connectivity index (χ2n) is 6.37. The van der Waals surface area contributed by atoms with E-state index < -0.39 is 0 Å². The molecule has 0 amide bonds. The highest BCUT2D eigenvalue weighted by molar-refractivity contribution is 5.80. The molecule has 2 aromatic rings. The second kappa shape index (κ2) is 9.25. The van der Waals surface area contributed by atoms with Gasteiger partial charge < -0.3 is 24.4 Å². The number of aliphatic imine (C=N–C) groups is 1. The fraction of sp³-hybridized carbons (Fsp3) is 0.526. The average Bonchev–Trinajstić information content (AvgIpc) is 3.12. The van der Waals surface area contributed by atoms with E-state index in [1.54, 1.807) is 7.11 Å². The van der Waals surface area contributed by atoms with Gasteiger partial charge in [-0.25, -0.2) is 0 Å². The number of nitrogens with one attached hydrogen (secondary N) is 1. The summed E-state index contributed by atoms with van der Waals surface area (Å²) in [4.78, 5) is 13.6. The number of guanidine groups is 1. The standard InChI is InChI=1S/C19H28N6O2/c1-4-20-19(21-10-9-18-22-15(2)23-27-18)25-13-11-24(12-14-25)16-7-5-6-8-17(16)26-3/h5-8H,4,9-14H2,1-3H3,(H,20,21). The first-order valence-electron chi connectivity index (χ1n) is 9.41. The summed E-state index contributed by atoms with van der Waals surface area (Å²) in [5.74, 6) is 3.15. The number of anilines is 1. The van der Waals surface area contributed by atoms with Crippen LogP contribution in [0.5, 0.6) is 5.75 Å². The number of para-hydroxylation sites is 2. The van der Waals surface area contributed by atoms with Gasteiger partial charge in [-0.1, -0.05) is 17.3 Å². The van der Waals surface area contributed by atoms with Crippen molar-refractivity contribution in [3.8, 4) is 5.75 Å². The molecule has 1 aliphatic rings. The Morgan fingerprint density at radius 2 is 2.04 bits per heavy atom. The van der Waals surface area contributed by atoms with Crippen LogP contribution in [-0.4, -0.2) is 67.4 Å². The van der Waals surface area contributed by atoms with Gasteiger partial charge in [-0.05, 0) is 26.0 Å². The van der Waals surface area contributed by atoms with Crippen LogP contribution < -0.4 is 15.0 Å². The summed E-state index contributed by atoms with van der Waals surface area (Å²) in [7, 11) is 1.72. The third-order valence-electron chi connectivity index (χ3n) is 4.50. The van der Waals surface area contributed by atoms with Crippen molar-refractivity contribution in [3.05, 3.63) is 36.0 Å². The lowest BCUT2D eigenvalue weighted by Gasteiger charge is -2.38. The fourth-order valence-corrected chi connectivity index (χ4v) is 3.18. The van der Waals surface area contributed by atoms with Gasteiger partial charge in [-0.15, -0.1) is 0 Å². The van der Waals surface area contributed by atoms with Gasteiger partial charge in [0, 0.05) is 39.1 Å². The molecule has 0 spiro atoms. The molecule has 1 N–H and O–H groups in total. The summed E-state index contributed by atoms with van der Waals surface area (Å²) >= 11 is 0. The minimum Gasteiger partial charge on any atom is -0.495 e. The molecule has 3 rings (SSSR count). The van der Waals surface area contributed by atoms with E-state index in [2.05, 4.69) is 44.3 Å². The number of aryl methyl sites for hydroxylation is 1. The van der Waals surface area contributed by atoms with Crippen molar-refractivity contribution in [3.63, 3.8) is 0 Å². The van der Waals surface area contributed by atoms with Crippen LogP contribution in [-0.2, 0) is 6.42 Å². The highest BCUT2D eigenvalue weighted by Gasteiger charge is 2.21. The Kier molecular flexibility index (Phi) is 6.51. The summed E-state index contributed by atoms with van der Waals surface area (Å²) in [5, 5.41) is 7.20. The van der Waals surface area contributed by atoms with E-state index in [1.165, 1.54) is 0 Å². The van der Waals surface area contributed by atoms with E-state index >= 15 is 0 Å².